The molecule has 110 valence electrons. The highest BCUT2D eigenvalue weighted by atomic mass is 35.5. The van der Waals surface area contributed by atoms with Gasteiger partial charge in [0.15, 0.2) is 5.15 Å². The van der Waals surface area contributed by atoms with Crippen molar-refractivity contribution in [2.45, 2.75) is 6.92 Å². The van der Waals surface area contributed by atoms with Crippen LogP contribution in [0.3, 0.4) is 0 Å². The van der Waals surface area contributed by atoms with E-state index in [0.717, 1.165) is 5.69 Å². The number of halogens is 1. The summed E-state index contributed by atoms with van der Waals surface area (Å²) in [6.07, 6.45) is 4.84. The molecule has 0 aliphatic carbocycles. The van der Waals surface area contributed by atoms with Crippen molar-refractivity contribution in [3.05, 3.63) is 47.9 Å². The minimum Gasteiger partial charge on any atom is -0.322 e. The normalized spacial score (nSPS) is 11.9. The van der Waals surface area contributed by atoms with Crippen molar-refractivity contribution in [3.8, 4) is 5.69 Å². The topological polar surface area (TPSA) is 59.8 Å². The molecule has 1 unspecified atom stereocenters. The maximum atomic E-state index is 12.0. The van der Waals surface area contributed by atoms with E-state index < -0.39 is 0 Å². The van der Waals surface area contributed by atoms with Crippen molar-refractivity contribution in [2.75, 3.05) is 11.1 Å². The zero-order chi connectivity index (χ0) is 15.2. The number of aromatic nitrogens is 3. The number of thioether (sulfide) groups is 1. The Hall–Kier alpha value is -1.79. The fraction of sp³-hybridized carbons (Fsp3) is 0.214. The second kappa shape index (κ2) is 7.28. The SMILES string of the molecule is C=CSCC(C)C(=O)Nc1cnn(-c2cccnc2)c1Cl. The number of nitrogens with one attached hydrogen (secondary N) is 1. The Morgan fingerprint density at radius 1 is 1.62 bits per heavy atom. The summed E-state index contributed by atoms with van der Waals surface area (Å²) in [5.74, 6) is 0.423. The number of pyridine rings is 1. The van der Waals surface area contributed by atoms with Crippen LogP contribution in [0.2, 0.25) is 5.15 Å². The molecule has 0 aromatic carbocycles. The molecule has 1 N–H and O–H groups in total. The van der Waals surface area contributed by atoms with Crippen LogP contribution in [0.1, 0.15) is 6.92 Å². The van der Waals surface area contributed by atoms with E-state index in [0.29, 0.717) is 16.6 Å². The lowest BCUT2D eigenvalue weighted by Crippen LogP contribution is -2.22. The number of rotatable bonds is 6. The van der Waals surface area contributed by atoms with Gasteiger partial charge in [-0.3, -0.25) is 9.78 Å². The van der Waals surface area contributed by atoms with E-state index in [1.165, 1.54) is 22.6 Å². The predicted octanol–water partition coefficient (Wildman–Crippen LogP) is 3.37. The average molecular weight is 323 g/mol. The second-order valence-electron chi connectivity index (χ2n) is 4.36. The summed E-state index contributed by atoms with van der Waals surface area (Å²) in [6, 6.07) is 3.63. The molecule has 2 heterocycles. The van der Waals surface area contributed by atoms with E-state index in [4.69, 9.17) is 11.6 Å². The van der Waals surface area contributed by atoms with E-state index in [-0.39, 0.29) is 11.8 Å². The van der Waals surface area contributed by atoms with Crippen LogP contribution >= 0.6 is 23.4 Å². The van der Waals surface area contributed by atoms with Gasteiger partial charge in [0.05, 0.1) is 23.8 Å². The monoisotopic (exact) mass is 322 g/mol. The molecule has 2 rings (SSSR count). The van der Waals surface area contributed by atoms with Gasteiger partial charge in [0.25, 0.3) is 0 Å². The molecule has 7 heteroatoms. The summed E-state index contributed by atoms with van der Waals surface area (Å²) in [7, 11) is 0. The van der Waals surface area contributed by atoms with Crippen LogP contribution in [0, 0.1) is 5.92 Å². The van der Waals surface area contributed by atoms with Crippen LogP contribution < -0.4 is 5.32 Å². The Bertz CT molecular complexity index is 629. The van der Waals surface area contributed by atoms with Gasteiger partial charge in [0, 0.05) is 17.9 Å². The highest BCUT2D eigenvalue weighted by molar-refractivity contribution is 8.02. The van der Waals surface area contributed by atoms with Gasteiger partial charge in [-0.1, -0.05) is 25.1 Å². The molecule has 0 saturated carbocycles. The lowest BCUT2D eigenvalue weighted by Gasteiger charge is -2.10. The van der Waals surface area contributed by atoms with E-state index in [1.807, 2.05) is 13.0 Å². The molecule has 1 atom stereocenters. The van der Waals surface area contributed by atoms with E-state index in [2.05, 4.69) is 22.0 Å². The van der Waals surface area contributed by atoms with Crippen molar-refractivity contribution in [2.24, 2.45) is 5.92 Å². The van der Waals surface area contributed by atoms with E-state index in [9.17, 15) is 4.79 Å². The molecule has 0 bridgehead atoms. The second-order valence-corrected chi connectivity index (χ2v) is 5.72. The zero-order valence-corrected chi connectivity index (χ0v) is 13.1. The van der Waals surface area contributed by atoms with Crippen LogP contribution in [-0.4, -0.2) is 26.4 Å². The molecular formula is C14H15ClN4OS. The van der Waals surface area contributed by atoms with Crippen LogP contribution in [-0.2, 0) is 4.79 Å². The summed E-state index contributed by atoms with van der Waals surface area (Å²) in [4.78, 5) is 16.1. The molecule has 5 nitrogen and oxygen atoms in total. The first-order valence-corrected chi connectivity index (χ1v) is 7.73. The van der Waals surface area contributed by atoms with Crippen LogP contribution in [0.4, 0.5) is 5.69 Å². The van der Waals surface area contributed by atoms with Crippen molar-refractivity contribution >= 4 is 35.0 Å². The third-order valence-corrected chi connectivity index (χ3v) is 4.06. The van der Waals surface area contributed by atoms with Gasteiger partial charge in [0.2, 0.25) is 5.91 Å². The fourth-order valence-corrected chi connectivity index (χ4v) is 2.43. The predicted molar refractivity (Wildman–Crippen MR) is 86.8 cm³/mol. The first-order chi connectivity index (χ1) is 10.1. The Balaban J connectivity index is 2.10. The molecule has 0 aliphatic rings. The van der Waals surface area contributed by atoms with Gasteiger partial charge in [-0.2, -0.15) is 5.10 Å². The Morgan fingerprint density at radius 3 is 3.10 bits per heavy atom. The van der Waals surface area contributed by atoms with Crippen molar-refractivity contribution in [1.82, 2.24) is 14.8 Å². The first kappa shape index (κ1) is 15.6. The van der Waals surface area contributed by atoms with Gasteiger partial charge < -0.3 is 5.32 Å². The van der Waals surface area contributed by atoms with Crippen LogP contribution in [0.25, 0.3) is 5.69 Å². The highest BCUT2D eigenvalue weighted by Crippen LogP contribution is 2.25. The van der Waals surface area contributed by atoms with Gasteiger partial charge in [0.1, 0.15) is 0 Å². The van der Waals surface area contributed by atoms with Crippen molar-refractivity contribution < 1.29 is 4.79 Å². The molecule has 2 aromatic heterocycles. The molecule has 0 aliphatic heterocycles. The standard InChI is InChI=1S/C14H15ClN4OS/c1-3-21-9-10(2)14(20)18-12-8-17-19(13(12)15)11-5-4-6-16-7-11/h3-8,10H,1,9H2,2H3,(H,18,20). The summed E-state index contributed by atoms with van der Waals surface area (Å²) in [6.45, 7) is 5.47. The average Bonchev–Trinajstić information content (AvgIpc) is 2.86. The fourth-order valence-electron chi connectivity index (χ4n) is 1.62. The molecule has 0 radical (unpaired) electrons. The molecule has 21 heavy (non-hydrogen) atoms. The lowest BCUT2D eigenvalue weighted by molar-refractivity contribution is -0.118. The third kappa shape index (κ3) is 3.86. The quantitative estimate of drug-likeness (QED) is 0.885. The molecule has 0 spiro atoms. The first-order valence-electron chi connectivity index (χ1n) is 6.30. The maximum absolute atomic E-state index is 12.0. The number of carbonyl (C=O) groups excluding carboxylic acids is 1. The van der Waals surface area contributed by atoms with Gasteiger partial charge >= 0.3 is 0 Å². The minimum atomic E-state index is -0.147. The van der Waals surface area contributed by atoms with E-state index in [1.54, 1.807) is 23.9 Å². The number of anilines is 1. The van der Waals surface area contributed by atoms with Gasteiger partial charge in [-0.15, -0.1) is 11.8 Å². The number of carbonyl (C=O) groups is 1. The van der Waals surface area contributed by atoms with Crippen LogP contribution in [0.5, 0.6) is 0 Å². The number of hydrogen-bond donors (Lipinski definition) is 1. The van der Waals surface area contributed by atoms with Gasteiger partial charge in [-0.05, 0) is 17.5 Å². The number of nitrogens with zero attached hydrogens (tertiary/aromatic N) is 3. The zero-order valence-electron chi connectivity index (χ0n) is 11.5. The Labute approximate surface area is 132 Å². The Kier molecular flexibility index (Phi) is 5.41. The van der Waals surface area contributed by atoms with Gasteiger partial charge in [-0.25, -0.2) is 4.68 Å². The summed E-state index contributed by atoms with van der Waals surface area (Å²) in [5, 5.41) is 9.02. The summed E-state index contributed by atoms with van der Waals surface area (Å²) in [5.41, 5.74) is 1.22. The molecule has 1 amide bonds. The summed E-state index contributed by atoms with van der Waals surface area (Å²) >= 11 is 7.75. The van der Waals surface area contributed by atoms with Crippen LogP contribution in [0.15, 0.2) is 42.7 Å². The third-order valence-electron chi connectivity index (χ3n) is 2.77. The summed E-state index contributed by atoms with van der Waals surface area (Å²) < 4.78 is 1.52. The molecule has 2 aromatic rings. The number of hydrogen-bond acceptors (Lipinski definition) is 4. The Morgan fingerprint density at radius 2 is 2.43 bits per heavy atom. The largest absolute Gasteiger partial charge is 0.322 e. The number of amides is 1. The van der Waals surface area contributed by atoms with Crippen molar-refractivity contribution in [3.63, 3.8) is 0 Å². The lowest BCUT2D eigenvalue weighted by atomic mass is 10.2. The molecule has 0 fully saturated rings. The molecular weight excluding hydrogens is 308 g/mol. The maximum Gasteiger partial charge on any atom is 0.228 e. The highest BCUT2D eigenvalue weighted by Gasteiger charge is 2.17. The van der Waals surface area contributed by atoms with Crippen molar-refractivity contribution in [1.29, 1.82) is 0 Å². The smallest absolute Gasteiger partial charge is 0.228 e. The molecule has 0 saturated heterocycles. The van der Waals surface area contributed by atoms with E-state index >= 15 is 0 Å². The minimum absolute atomic E-state index is 0.100.